The number of carbonyl (C=O) groups excluding carboxylic acids is 1. The van der Waals surface area contributed by atoms with Crippen molar-refractivity contribution in [3.8, 4) is 23.0 Å². The molecule has 8 nitrogen and oxygen atoms in total. The summed E-state index contributed by atoms with van der Waals surface area (Å²) in [5, 5.41) is 2.70. The van der Waals surface area contributed by atoms with Gasteiger partial charge in [-0.15, -0.1) is 0 Å². The Morgan fingerprint density at radius 3 is 2.28 bits per heavy atom. The Morgan fingerprint density at radius 2 is 1.59 bits per heavy atom. The van der Waals surface area contributed by atoms with E-state index in [-0.39, 0.29) is 6.54 Å². The lowest BCUT2D eigenvalue weighted by molar-refractivity contribution is -0.114. The van der Waals surface area contributed by atoms with E-state index < -0.39 is 15.9 Å². The lowest BCUT2D eigenvalue weighted by Crippen LogP contribution is -2.37. The predicted molar refractivity (Wildman–Crippen MR) is 121 cm³/mol. The molecule has 0 atom stereocenters. The van der Waals surface area contributed by atoms with Gasteiger partial charge < -0.3 is 19.5 Å². The van der Waals surface area contributed by atoms with Gasteiger partial charge in [-0.3, -0.25) is 9.10 Å². The van der Waals surface area contributed by atoms with Crippen LogP contribution in [-0.4, -0.2) is 40.3 Å². The van der Waals surface area contributed by atoms with Crippen molar-refractivity contribution in [3.63, 3.8) is 0 Å². The Bertz CT molecular complexity index is 1200. The van der Waals surface area contributed by atoms with Crippen LogP contribution in [-0.2, 0) is 14.8 Å². The molecule has 4 rings (SSSR count). The van der Waals surface area contributed by atoms with Crippen molar-refractivity contribution in [1.82, 2.24) is 0 Å². The number of hydrogen-bond acceptors (Lipinski definition) is 6. The van der Waals surface area contributed by atoms with Gasteiger partial charge in [0, 0.05) is 11.8 Å². The number of sulfonamides is 1. The minimum absolute atomic E-state index is 0.352. The van der Waals surface area contributed by atoms with Gasteiger partial charge in [0.05, 0.1) is 11.9 Å². The molecule has 1 N–H and O–H groups in total. The van der Waals surface area contributed by atoms with E-state index in [1.807, 2.05) is 30.3 Å². The second-order valence-electron chi connectivity index (χ2n) is 7.09. The summed E-state index contributed by atoms with van der Waals surface area (Å²) in [5.41, 5.74) is 0.838. The molecule has 0 aliphatic carbocycles. The summed E-state index contributed by atoms with van der Waals surface area (Å²) < 4.78 is 42.5. The van der Waals surface area contributed by atoms with Crippen molar-refractivity contribution >= 4 is 27.3 Å². The lowest BCUT2D eigenvalue weighted by atomic mass is 10.2. The SMILES string of the molecule is CS(=O)(=O)N(CC(=O)Nc1ccc2c(c1)OCCO2)c1ccc(Oc2ccccc2)cc1. The minimum Gasteiger partial charge on any atom is -0.486 e. The lowest BCUT2D eigenvalue weighted by Gasteiger charge is -2.22. The molecule has 3 aromatic carbocycles. The number of benzene rings is 3. The number of nitrogens with zero attached hydrogens (tertiary/aromatic N) is 1. The monoisotopic (exact) mass is 454 g/mol. The first-order valence-corrected chi connectivity index (χ1v) is 11.7. The highest BCUT2D eigenvalue weighted by molar-refractivity contribution is 7.92. The average molecular weight is 455 g/mol. The number of amides is 1. The smallest absolute Gasteiger partial charge is 0.245 e. The Kier molecular flexibility index (Phi) is 6.18. The fourth-order valence-electron chi connectivity index (χ4n) is 3.16. The second-order valence-corrected chi connectivity index (χ2v) is 8.99. The topological polar surface area (TPSA) is 94.2 Å². The van der Waals surface area contributed by atoms with Crippen LogP contribution in [0.25, 0.3) is 0 Å². The number of ether oxygens (including phenoxy) is 3. The molecular formula is C23H22N2O6S. The first-order valence-electron chi connectivity index (χ1n) is 9.89. The third-order valence-electron chi connectivity index (χ3n) is 4.62. The summed E-state index contributed by atoms with van der Waals surface area (Å²) in [4.78, 5) is 12.6. The van der Waals surface area contributed by atoms with Crippen LogP contribution in [0.2, 0.25) is 0 Å². The van der Waals surface area contributed by atoms with E-state index >= 15 is 0 Å². The van der Waals surface area contributed by atoms with Gasteiger partial charge in [-0.2, -0.15) is 0 Å². The maximum Gasteiger partial charge on any atom is 0.245 e. The van der Waals surface area contributed by atoms with Gasteiger partial charge in [-0.05, 0) is 48.5 Å². The largest absolute Gasteiger partial charge is 0.486 e. The Hall–Kier alpha value is -3.72. The Labute approximate surface area is 186 Å². The van der Waals surface area contributed by atoms with E-state index in [0.717, 1.165) is 10.6 Å². The van der Waals surface area contributed by atoms with Crippen molar-refractivity contribution in [2.24, 2.45) is 0 Å². The molecule has 9 heteroatoms. The maximum absolute atomic E-state index is 12.6. The molecule has 0 saturated heterocycles. The maximum atomic E-state index is 12.6. The van der Waals surface area contributed by atoms with Crippen molar-refractivity contribution in [3.05, 3.63) is 72.8 Å². The highest BCUT2D eigenvalue weighted by atomic mass is 32.2. The molecule has 1 aliphatic heterocycles. The molecule has 166 valence electrons. The van der Waals surface area contributed by atoms with Crippen LogP contribution in [0.1, 0.15) is 0 Å². The molecule has 0 fully saturated rings. The first kappa shape index (κ1) is 21.5. The number of nitrogens with one attached hydrogen (secondary N) is 1. The number of para-hydroxylation sites is 1. The summed E-state index contributed by atoms with van der Waals surface area (Å²) in [5.74, 6) is 1.86. The molecule has 0 bridgehead atoms. The van der Waals surface area contributed by atoms with Gasteiger partial charge in [0.15, 0.2) is 11.5 Å². The van der Waals surface area contributed by atoms with E-state index in [9.17, 15) is 13.2 Å². The molecule has 1 heterocycles. The quantitative estimate of drug-likeness (QED) is 0.586. The predicted octanol–water partition coefficient (Wildman–Crippen LogP) is 3.65. The second kappa shape index (κ2) is 9.19. The van der Waals surface area contributed by atoms with Crippen LogP contribution in [0, 0.1) is 0 Å². The third-order valence-corrected chi connectivity index (χ3v) is 5.76. The van der Waals surface area contributed by atoms with E-state index in [2.05, 4.69) is 5.32 Å². The highest BCUT2D eigenvalue weighted by Gasteiger charge is 2.21. The summed E-state index contributed by atoms with van der Waals surface area (Å²) in [6.45, 7) is 0.513. The molecule has 0 spiro atoms. The molecule has 0 unspecified atom stereocenters. The van der Waals surface area contributed by atoms with E-state index in [1.165, 1.54) is 0 Å². The third kappa shape index (κ3) is 5.30. The van der Waals surface area contributed by atoms with Gasteiger partial charge >= 0.3 is 0 Å². The van der Waals surface area contributed by atoms with E-state index in [4.69, 9.17) is 14.2 Å². The normalized spacial score (nSPS) is 12.7. The molecule has 1 aliphatic rings. The molecule has 0 aromatic heterocycles. The summed E-state index contributed by atoms with van der Waals surface area (Å²) in [7, 11) is -3.70. The van der Waals surface area contributed by atoms with E-state index in [0.29, 0.717) is 47.6 Å². The van der Waals surface area contributed by atoms with Crippen LogP contribution < -0.4 is 23.8 Å². The number of hydrogen-bond donors (Lipinski definition) is 1. The van der Waals surface area contributed by atoms with Gasteiger partial charge in [-0.1, -0.05) is 18.2 Å². The Morgan fingerprint density at radius 1 is 0.938 bits per heavy atom. The number of anilines is 2. The van der Waals surface area contributed by atoms with Gasteiger partial charge in [0.2, 0.25) is 15.9 Å². The molecule has 0 saturated carbocycles. The highest BCUT2D eigenvalue weighted by Crippen LogP contribution is 2.32. The summed E-state index contributed by atoms with van der Waals surface area (Å²) >= 11 is 0. The fraction of sp³-hybridized carbons (Fsp3) is 0.174. The standard InChI is InChI=1S/C23H22N2O6S/c1-32(27,28)25(18-8-10-20(11-9-18)31-19-5-3-2-4-6-19)16-23(26)24-17-7-12-21-22(15-17)30-14-13-29-21/h2-12,15H,13-14,16H2,1H3,(H,24,26). The van der Waals surface area contributed by atoms with Crippen LogP contribution in [0.3, 0.4) is 0 Å². The summed E-state index contributed by atoms with van der Waals surface area (Å²) in [6, 6.07) is 20.7. The van der Waals surface area contributed by atoms with Crippen LogP contribution in [0.15, 0.2) is 72.8 Å². The zero-order valence-electron chi connectivity index (χ0n) is 17.4. The Balaban J connectivity index is 1.46. The molecule has 1 amide bonds. The number of rotatable bonds is 7. The zero-order chi connectivity index (χ0) is 22.6. The molecule has 3 aromatic rings. The van der Waals surface area contributed by atoms with E-state index in [1.54, 1.807) is 42.5 Å². The molecular weight excluding hydrogens is 432 g/mol. The van der Waals surface area contributed by atoms with Crippen LogP contribution >= 0.6 is 0 Å². The van der Waals surface area contributed by atoms with Gasteiger partial charge in [0.25, 0.3) is 0 Å². The first-order chi connectivity index (χ1) is 15.4. The number of fused-ring (bicyclic) bond motifs is 1. The fourth-order valence-corrected chi connectivity index (χ4v) is 4.01. The van der Waals surface area contributed by atoms with Crippen molar-refractivity contribution in [2.75, 3.05) is 35.6 Å². The number of carbonyl (C=O) groups is 1. The molecule has 0 radical (unpaired) electrons. The van der Waals surface area contributed by atoms with Gasteiger partial charge in [-0.25, -0.2) is 8.42 Å². The minimum atomic E-state index is -3.70. The van der Waals surface area contributed by atoms with Crippen molar-refractivity contribution in [2.45, 2.75) is 0 Å². The molecule has 32 heavy (non-hydrogen) atoms. The average Bonchev–Trinajstić information content (AvgIpc) is 2.78. The van der Waals surface area contributed by atoms with Crippen molar-refractivity contribution < 1.29 is 27.4 Å². The van der Waals surface area contributed by atoms with Gasteiger partial charge in [0.1, 0.15) is 31.3 Å². The van der Waals surface area contributed by atoms with Crippen LogP contribution in [0.5, 0.6) is 23.0 Å². The summed E-state index contributed by atoms with van der Waals surface area (Å²) in [6.07, 6.45) is 1.05. The zero-order valence-corrected chi connectivity index (χ0v) is 18.2. The van der Waals surface area contributed by atoms with Crippen molar-refractivity contribution in [1.29, 1.82) is 0 Å². The van der Waals surface area contributed by atoms with Crippen LogP contribution in [0.4, 0.5) is 11.4 Å².